The van der Waals surface area contributed by atoms with Crippen molar-refractivity contribution >= 4 is 73.3 Å². The smallest absolute Gasteiger partial charge is 0.282 e. The van der Waals surface area contributed by atoms with Gasteiger partial charge in [-0.05, 0) is 93.2 Å². The second kappa shape index (κ2) is 10.3. The highest BCUT2D eigenvalue weighted by Crippen LogP contribution is 2.33. The molecule has 0 spiro atoms. The maximum absolute atomic E-state index is 13.5. The first-order chi connectivity index (χ1) is 17.5. The molecule has 5 aromatic rings. The number of methoxy groups -OCH3 is 1. The van der Waals surface area contributed by atoms with Crippen LogP contribution < -0.4 is 15.0 Å². The van der Waals surface area contributed by atoms with Crippen molar-refractivity contribution in [3.8, 4) is 35.4 Å². The van der Waals surface area contributed by atoms with Gasteiger partial charge in [0, 0.05) is 0 Å². The van der Waals surface area contributed by atoms with Gasteiger partial charge in [0.15, 0.2) is 5.76 Å². The van der Waals surface area contributed by atoms with Crippen LogP contribution in [0.4, 0.5) is 0 Å². The molecule has 0 fully saturated rings. The number of ether oxygens (including phenoxy) is 2. The summed E-state index contributed by atoms with van der Waals surface area (Å²) < 4.78 is 20.2. The predicted molar refractivity (Wildman–Crippen MR) is 157 cm³/mol. The van der Waals surface area contributed by atoms with E-state index >= 15 is 0 Å². The van der Waals surface area contributed by atoms with Crippen molar-refractivity contribution in [2.75, 3.05) is 13.7 Å². The predicted octanol–water partition coefficient (Wildman–Crippen LogP) is 5.92. The Morgan fingerprint density at radius 3 is 2.64 bits per heavy atom. The Morgan fingerprint density at radius 2 is 1.89 bits per heavy atom. The topological polar surface area (TPSA) is 78.8 Å². The fourth-order valence-corrected chi connectivity index (χ4v) is 5.87. The molecule has 3 aromatic carbocycles. The van der Waals surface area contributed by atoms with E-state index in [-0.39, 0.29) is 18.0 Å². The summed E-state index contributed by atoms with van der Waals surface area (Å²) in [6.45, 7) is 0.184. The minimum Gasteiger partial charge on any atom is -0.496 e. The number of hydrogen-bond donors (Lipinski definition) is 0. The average Bonchev–Trinajstić information content (AvgIpc) is 3.32. The first-order valence-electron chi connectivity index (χ1n) is 10.7. The number of furan rings is 1. The number of fused-ring (bicyclic) bond motifs is 2. The van der Waals surface area contributed by atoms with Crippen molar-refractivity contribution in [1.29, 1.82) is 0 Å². The molecule has 0 saturated carbocycles. The first-order valence-corrected chi connectivity index (χ1v) is 12.8. The van der Waals surface area contributed by atoms with Crippen molar-refractivity contribution in [3.63, 3.8) is 0 Å². The van der Waals surface area contributed by atoms with Crippen molar-refractivity contribution in [2.24, 2.45) is 5.10 Å². The molecule has 0 bridgehead atoms. The molecule has 5 rings (SSSR count). The van der Waals surface area contributed by atoms with E-state index in [9.17, 15) is 4.79 Å². The number of aromatic nitrogens is 2. The Balaban J connectivity index is 1.66. The summed E-state index contributed by atoms with van der Waals surface area (Å²) in [5, 5.41) is 5.77. The summed E-state index contributed by atoms with van der Waals surface area (Å²) >= 11 is 4.37. The van der Waals surface area contributed by atoms with E-state index in [1.54, 1.807) is 37.6 Å². The lowest BCUT2D eigenvalue weighted by Gasteiger charge is -2.09. The lowest BCUT2D eigenvalue weighted by molar-refractivity contribution is 0.365. The number of halogens is 2. The van der Waals surface area contributed by atoms with Gasteiger partial charge in [0.2, 0.25) is 5.82 Å². The molecule has 36 heavy (non-hydrogen) atoms. The molecule has 0 aliphatic heterocycles. The van der Waals surface area contributed by atoms with Crippen LogP contribution in [0.15, 0.2) is 75.0 Å². The van der Waals surface area contributed by atoms with E-state index in [2.05, 4.69) is 56.2 Å². The lowest BCUT2D eigenvalue weighted by atomic mass is 10.2. The summed E-state index contributed by atoms with van der Waals surface area (Å²) in [5.41, 5.74) is 1.65. The summed E-state index contributed by atoms with van der Waals surface area (Å²) in [7, 11) is 1.60. The maximum Gasteiger partial charge on any atom is 0.282 e. The number of rotatable bonds is 6. The van der Waals surface area contributed by atoms with Crippen molar-refractivity contribution in [2.45, 2.75) is 0 Å². The molecule has 2 heterocycles. The molecule has 0 aliphatic rings. The second-order valence-electron chi connectivity index (χ2n) is 7.60. The average molecular weight is 701 g/mol. The van der Waals surface area contributed by atoms with Gasteiger partial charge < -0.3 is 13.9 Å². The van der Waals surface area contributed by atoms with Crippen LogP contribution in [0.3, 0.4) is 0 Å². The standard InChI is InChI=1S/C27H17I2N3O4/c1-3-11-35-25-19(28)12-16(13-20(25)29)15-30-32-26(31-21-8-5-4-7-17(21)27(32)33)24-14-18-22(34-2)9-6-10-23(18)36-24/h1,4-10,12-15H,11H2,2H3. The zero-order chi connectivity index (χ0) is 25.2. The Bertz CT molecular complexity index is 1730. The Hall–Kier alpha value is -3.37. The highest BCUT2D eigenvalue weighted by Gasteiger charge is 2.18. The van der Waals surface area contributed by atoms with E-state index in [0.29, 0.717) is 33.7 Å². The van der Waals surface area contributed by atoms with E-state index < -0.39 is 0 Å². The van der Waals surface area contributed by atoms with Crippen LogP contribution in [-0.2, 0) is 0 Å². The minimum atomic E-state index is -0.308. The molecule has 0 saturated heterocycles. The highest BCUT2D eigenvalue weighted by molar-refractivity contribution is 14.1. The molecule has 0 unspecified atom stereocenters. The van der Waals surface area contributed by atoms with E-state index in [1.807, 2.05) is 36.4 Å². The Morgan fingerprint density at radius 1 is 1.11 bits per heavy atom. The zero-order valence-electron chi connectivity index (χ0n) is 18.9. The normalized spacial score (nSPS) is 11.3. The van der Waals surface area contributed by atoms with Crippen LogP contribution in [0.25, 0.3) is 33.5 Å². The van der Waals surface area contributed by atoms with Gasteiger partial charge in [0.25, 0.3) is 5.56 Å². The molecule has 2 aromatic heterocycles. The highest BCUT2D eigenvalue weighted by atomic mass is 127. The van der Waals surface area contributed by atoms with Gasteiger partial charge in [0.1, 0.15) is 23.7 Å². The number of hydrogen-bond acceptors (Lipinski definition) is 6. The molecule has 0 aliphatic carbocycles. The van der Waals surface area contributed by atoms with Gasteiger partial charge in [-0.3, -0.25) is 4.79 Å². The van der Waals surface area contributed by atoms with E-state index in [1.165, 1.54) is 4.68 Å². The molecule has 0 radical (unpaired) electrons. The minimum absolute atomic E-state index is 0.184. The molecule has 9 heteroatoms. The van der Waals surface area contributed by atoms with Gasteiger partial charge in [-0.25, -0.2) is 4.98 Å². The molecule has 178 valence electrons. The molecule has 0 atom stereocenters. The van der Waals surface area contributed by atoms with Gasteiger partial charge in [0.05, 0.1) is 36.8 Å². The van der Waals surface area contributed by atoms with Crippen LogP contribution in [-0.4, -0.2) is 29.6 Å². The second-order valence-corrected chi connectivity index (χ2v) is 9.93. The summed E-state index contributed by atoms with van der Waals surface area (Å²) in [6.07, 6.45) is 6.93. The number of para-hydroxylation sites is 1. The Labute approximate surface area is 233 Å². The molecule has 0 amide bonds. The summed E-state index contributed by atoms with van der Waals surface area (Å²) in [5.74, 6) is 4.54. The number of terminal acetylenes is 1. The van der Waals surface area contributed by atoms with Crippen LogP contribution in [0.1, 0.15) is 5.56 Å². The molecular weight excluding hydrogens is 684 g/mol. The summed E-state index contributed by atoms with van der Waals surface area (Å²) in [4.78, 5) is 18.2. The Kier molecular flexibility index (Phi) is 6.97. The summed E-state index contributed by atoms with van der Waals surface area (Å²) in [6, 6.07) is 18.3. The molecule has 0 N–H and O–H groups in total. The van der Waals surface area contributed by atoms with Crippen molar-refractivity contribution < 1.29 is 13.9 Å². The van der Waals surface area contributed by atoms with Gasteiger partial charge in [-0.1, -0.05) is 24.1 Å². The van der Waals surface area contributed by atoms with Gasteiger partial charge in [-0.2, -0.15) is 9.78 Å². The SMILES string of the molecule is C#CCOc1c(I)cc(C=Nn2c(-c3cc4c(OC)cccc4o3)nc3ccccc3c2=O)cc1I. The molecule has 7 nitrogen and oxygen atoms in total. The third-order valence-corrected chi connectivity index (χ3v) is 6.96. The van der Waals surface area contributed by atoms with Gasteiger partial charge >= 0.3 is 0 Å². The van der Waals surface area contributed by atoms with Gasteiger partial charge in [-0.15, -0.1) is 6.42 Å². The van der Waals surface area contributed by atoms with Crippen LogP contribution >= 0.6 is 45.2 Å². The first kappa shape index (κ1) is 24.3. The van der Waals surface area contributed by atoms with E-state index in [0.717, 1.165) is 18.1 Å². The fourth-order valence-electron chi connectivity index (χ4n) is 3.74. The number of nitrogens with zero attached hydrogens (tertiary/aromatic N) is 3. The third kappa shape index (κ3) is 4.58. The largest absolute Gasteiger partial charge is 0.496 e. The van der Waals surface area contributed by atoms with Crippen molar-refractivity contribution in [1.82, 2.24) is 9.66 Å². The monoisotopic (exact) mass is 701 g/mol. The fraction of sp³-hybridized carbons (Fsp3) is 0.0741. The van der Waals surface area contributed by atoms with Crippen LogP contribution in [0, 0.1) is 19.5 Å². The van der Waals surface area contributed by atoms with Crippen LogP contribution in [0.2, 0.25) is 0 Å². The molecular formula is C27H17I2N3O4. The van der Waals surface area contributed by atoms with Crippen LogP contribution in [0.5, 0.6) is 11.5 Å². The lowest BCUT2D eigenvalue weighted by Crippen LogP contribution is -2.20. The third-order valence-electron chi connectivity index (χ3n) is 5.36. The number of benzene rings is 3. The van der Waals surface area contributed by atoms with E-state index in [4.69, 9.17) is 25.3 Å². The quantitative estimate of drug-likeness (QED) is 0.125. The maximum atomic E-state index is 13.5. The van der Waals surface area contributed by atoms with Crippen molar-refractivity contribution in [3.05, 3.63) is 83.7 Å². The zero-order valence-corrected chi connectivity index (χ0v) is 23.2.